The number of carbonyl (C=O) groups excluding carboxylic acids is 1. The average molecular weight is 408 g/mol. The van der Waals surface area contributed by atoms with E-state index in [1.54, 1.807) is 18.2 Å². The minimum absolute atomic E-state index is 0.195. The molecule has 1 aromatic heterocycles. The number of halogens is 3. The van der Waals surface area contributed by atoms with Gasteiger partial charge in [0, 0.05) is 28.8 Å². The van der Waals surface area contributed by atoms with E-state index in [-0.39, 0.29) is 27.0 Å². The summed E-state index contributed by atoms with van der Waals surface area (Å²) in [4.78, 5) is 24.8. The van der Waals surface area contributed by atoms with Gasteiger partial charge in [-0.3, -0.25) is 9.59 Å². The largest absolute Gasteiger partial charge is 0.288 e. The molecule has 0 saturated carbocycles. The first-order valence-electron chi connectivity index (χ1n) is 7.68. The normalized spacial score (nSPS) is 10.8. The van der Waals surface area contributed by atoms with Gasteiger partial charge in [0.25, 0.3) is 5.56 Å². The number of aromatic nitrogens is 2. The maximum atomic E-state index is 12.9. The van der Waals surface area contributed by atoms with Gasteiger partial charge in [0.15, 0.2) is 5.78 Å². The molecule has 0 fully saturated rings. The Bertz CT molecular complexity index is 1040. The van der Waals surface area contributed by atoms with Gasteiger partial charge in [-0.15, -0.1) is 0 Å². The van der Waals surface area contributed by atoms with Gasteiger partial charge < -0.3 is 0 Å². The molecule has 0 amide bonds. The summed E-state index contributed by atoms with van der Waals surface area (Å²) in [5.74, 6) is -0.304. The van der Waals surface area contributed by atoms with Gasteiger partial charge in [-0.05, 0) is 42.3 Å². The molecule has 0 aliphatic heterocycles. The Morgan fingerprint density at radius 2 is 1.73 bits per heavy atom. The zero-order valence-electron chi connectivity index (χ0n) is 13.6. The van der Waals surface area contributed by atoms with Gasteiger partial charge in [0.2, 0.25) is 0 Å². The monoisotopic (exact) mass is 406 g/mol. The van der Waals surface area contributed by atoms with E-state index in [0.717, 1.165) is 11.1 Å². The number of ketones is 1. The second kappa shape index (κ2) is 7.62. The van der Waals surface area contributed by atoms with Crippen LogP contribution in [0.2, 0.25) is 15.1 Å². The first-order chi connectivity index (χ1) is 12.4. The van der Waals surface area contributed by atoms with Crippen molar-refractivity contribution in [1.82, 2.24) is 10.2 Å². The van der Waals surface area contributed by atoms with Gasteiger partial charge in [0.05, 0.1) is 15.6 Å². The number of rotatable bonds is 4. The van der Waals surface area contributed by atoms with Crippen LogP contribution in [-0.4, -0.2) is 16.0 Å². The third kappa shape index (κ3) is 3.83. The van der Waals surface area contributed by atoms with Crippen LogP contribution in [0.4, 0.5) is 0 Å². The molecule has 1 heterocycles. The zero-order chi connectivity index (χ0) is 18.8. The van der Waals surface area contributed by atoms with Crippen LogP contribution >= 0.6 is 34.8 Å². The zero-order valence-corrected chi connectivity index (χ0v) is 15.9. The fraction of sp³-hybridized carbons (Fsp3) is 0.105. The van der Waals surface area contributed by atoms with Crippen molar-refractivity contribution < 1.29 is 4.79 Å². The summed E-state index contributed by atoms with van der Waals surface area (Å²) >= 11 is 18.2. The van der Waals surface area contributed by atoms with Crippen LogP contribution in [0.5, 0.6) is 0 Å². The summed E-state index contributed by atoms with van der Waals surface area (Å²) in [6.07, 6.45) is 1.90. The maximum Gasteiger partial charge on any atom is 0.267 e. The van der Waals surface area contributed by atoms with Crippen molar-refractivity contribution in [1.29, 1.82) is 0 Å². The van der Waals surface area contributed by atoms with E-state index in [1.807, 2.05) is 13.0 Å². The molecular formula is C19H13Cl3N2O2. The van der Waals surface area contributed by atoms with Crippen molar-refractivity contribution in [2.45, 2.75) is 13.3 Å². The van der Waals surface area contributed by atoms with Crippen LogP contribution in [-0.2, 0) is 6.42 Å². The van der Waals surface area contributed by atoms with E-state index >= 15 is 0 Å². The van der Waals surface area contributed by atoms with Crippen molar-refractivity contribution in [3.63, 3.8) is 0 Å². The van der Waals surface area contributed by atoms with E-state index in [0.29, 0.717) is 22.6 Å². The maximum absolute atomic E-state index is 12.9. The van der Waals surface area contributed by atoms with E-state index in [1.165, 1.54) is 18.3 Å². The molecule has 0 saturated heterocycles. The Morgan fingerprint density at radius 1 is 1.04 bits per heavy atom. The predicted molar refractivity (Wildman–Crippen MR) is 104 cm³/mol. The molecule has 3 aromatic rings. The molecule has 132 valence electrons. The molecule has 0 aliphatic rings. The summed E-state index contributed by atoms with van der Waals surface area (Å²) in [6, 6.07) is 9.90. The molecule has 26 heavy (non-hydrogen) atoms. The highest BCUT2D eigenvalue weighted by molar-refractivity contribution is 6.43. The smallest absolute Gasteiger partial charge is 0.267 e. The SMILES string of the molecule is Cc1ccc(C(=O)c2c(Cl)cc(Cl)cc2Cl)cc1Cc1ccn[nH]c1=O. The summed E-state index contributed by atoms with van der Waals surface area (Å²) in [7, 11) is 0. The van der Waals surface area contributed by atoms with Gasteiger partial charge in [-0.1, -0.05) is 46.9 Å². The molecule has 3 rings (SSSR count). The molecule has 0 aliphatic carbocycles. The third-order valence-corrected chi connectivity index (χ3v) is 4.85. The van der Waals surface area contributed by atoms with Crippen LogP contribution < -0.4 is 5.56 Å². The molecule has 1 N–H and O–H groups in total. The molecule has 0 spiro atoms. The molecular weight excluding hydrogens is 395 g/mol. The second-order valence-corrected chi connectivity index (χ2v) is 7.05. The minimum atomic E-state index is -0.304. The van der Waals surface area contributed by atoms with Crippen molar-refractivity contribution in [3.05, 3.63) is 95.8 Å². The van der Waals surface area contributed by atoms with E-state index in [9.17, 15) is 9.59 Å². The van der Waals surface area contributed by atoms with Crippen LogP contribution in [0.3, 0.4) is 0 Å². The lowest BCUT2D eigenvalue weighted by Gasteiger charge is -2.10. The molecule has 0 unspecified atom stereocenters. The Morgan fingerprint density at radius 3 is 2.38 bits per heavy atom. The summed E-state index contributed by atoms with van der Waals surface area (Å²) in [5, 5.41) is 6.84. The summed E-state index contributed by atoms with van der Waals surface area (Å²) in [6.45, 7) is 1.92. The molecule has 0 radical (unpaired) electrons. The van der Waals surface area contributed by atoms with Gasteiger partial charge in [-0.2, -0.15) is 5.10 Å². The molecule has 4 nitrogen and oxygen atoms in total. The highest BCUT2D eigenvalue weighted by atomic mass is 35.5. The third-order valence-electron chi connectivity index (χ3n) is 4.03. The van der Waals surface area contributed by atoms with Crippen LogP contribution in [0.1, 0.15) is 32.6 Å². The Balaban J connectivity index is 2.01. The van der Waals surface area contributed by atoms with E-state index < -0.39 is 0 Å². The lowest BCUT2D eigenvalue weighted by atomic mass is 9.95. The Kier molecular flexibility index (Phi) is 5.47. The van der Waals surface area contributed by atoms with Crippen molar-refractivity contribution in [2.24, 2.45) is 0 Å². The topological polar surface area (TPSA) is 62.8 Å². The first kappa shape index (κ1) is 18.6. The van der Waals surface area contributed by atoms with Gasteiger partial charge in [-0.25, -0.2) is 5.10 Å². The van der Waals surface area contributed by atoms with E-state index in [2.05, 4.69) is 10.2 Å². The second-order valence-electron chi connectivity index (χ2n) is 5.80. The number of aromatic amines is 1. The number of carbonyl (C=O) groups is 1. The van der Waals surface area contributed by atoms with Crippen LogP contribution in [0, 0.1) is 6.92 Å². The molecule has 0 atom stereocenters. The average Bonchev–Trinajstić information content (AvgIpc) is 2.57. The van der Waals surface area contributed by atoms with Crippen molar-refractivity contribution in [3.8, 4) is 0 Å². The van der Waals surface area contributed by atoms with Crippen molar-refractivity contribution in [2.75, 3.05) is 0 Å². The fourth-order valence-electron chi connectivity index (χ4n) is 2.62. The number of nitrogens with zero attached hydrogens (tertiary/aromatic N) is 1. The molecule has 2 aromatic carbocycles. The van der Waals surface area contributed by atoms with E-state index in [4.69, 9.17) is 34.8 Å². The van der Waals surface area contributed by atoms with Crippen LogP contribution in [0.15, 0.2) is 47.4 Å². The number of hydrogen-bond acceptors (Lipinski definition) is 3. The lowest BCUT2D eigenvalue weighted by molar-refractivity contribution is 0.103. The Labute approximate surface area is 164 Å². The standard InChI is InChI=1S/C19H13Cl3N2O2/c1-10-2-3-11(6-13(10)7-12-4-5-23-24-19(12)26)18(25)17-15(21)8-14(20)9-16(17)22/h2-6,8-9H,7H2,1H3,(H,24,26). The number of H-pyrrole nitrogens is 1. The first-order valence-corrected chi connectivity index (χ1v) is 8.81. The molecule has 7 heteroatoms. The minimum Gasteiger partial charge on any atom is -0.288 e. The quantitative estimate of drug-likeness (QED) is 0.628. The number of benzene rings is 2. The lowest BCUT2D eigenvalue weighted by Crippen LogP contribution is -2.14. The Hall–Kier alpha value is -2.14. The number of aryl methyl sites for hydroxylation is 1. The predicted octanol–water partition coefficient (Wildman–Crippen LogP) is 4.86. The highest BCUT2D eigenvalue weighted by Crippen LogP contribution is 2.31. The van der Waals surface area contributed by atoms with Crippen LogP contribution in [0.25, 0.3) is 0 Å². The summed E-state index contributed by atoms with van der Waals surface area (Å²) < 4.78 is 0. The fourth-order valence-corrected chi connectivity index (χ4v) is 3.61. The number of hydrogen-bond donors (Lipinski definition) is 1. The van der Waals surface area contributed by atoms with Gasteiger partial charge in [0.1, 0.15) is 0 Å². The summed E-state index contributed by atoms with van der Waals surface area (Å²) in [5.41, 5.74) is 2.76. The highest BCUT2D eigenvalue weighted by Gasteiger charge is 2.19. The van der Waals surface area contributed by atoms with Crippen molar-refractivity contribution >= 4 is 40.6 Å². The number of nitrogens with one attached hydrogen (secondary N) is 1. The molecule has 0 bridgehead atoms. The van der Waals surface area contributed by atoms with Gasteiger partial charge >= 0.3 is 0 Å².